The second kappa shape index (κ2) is 6.64. The van der Waals surface area contributed by atoms with Crippen LogP contribution in [-0.2, 0) is 16.1 Å². The van der Waals surface area contributed by atoms with Gasteiger partial charge in [0.25, 0.3) is 5.91 Å². The zero-order chi connectivity index (χ0) is 13.5. The van der Waals surface area contributed by atoms with Crippen LogP contribution >= 0.6 is 0 Å². The number of hydrogen-bond donors (Lipinski definition) is 1. The van der Waals surface area contributed by atoms with Gasteiger partial charge in [-0.1, -0.05) is 44.2 Å². The first-order valence-electron chi connectivity index (χ1n) is 5.73. The lowest BCUT2D eigenvalue weighted by Crippen LogP contribution is -2.45. The predicted molar refractivity (Wildman–Crippen MR) is 66.5 cm³/mol. The van der Waals surface area contributed by atoms with E-state index in [1.807, 2.05) is 30.3 Å². The van der Waals surface area contributed by atoms with Crippen LogP contribution in [0.1, 0.15) is 19.4 Å². The van der Waals surface area contributed by atoms with Crippen molar-refractivity contribution in [3.8, 4) is 0 Å². The Bertz CT molecular complexity index is 404. The molecule has 0 spiro atoms. The zero-order valence-corrected chi connectivity index (χ0v) is 10.5. The second-order valence-electron chi connectivity index (χ2n) is 4.29. The van der Waals surface area contributed by atoms with Gasteiger partial charge in [-0.15, -0.1) is 0 Å². The van der Waals surface area contributed by atoms with E-state index in [4.69, 9.17) is 10.5 Å². The molecule has 0 bridgehead atoms. The maximum Gasteiger partial charge on any atom is 0.408 e. The molecule has 1 aromatic carbocycles. The first-order valence-corrected chi connectivity index (χ1v) is 5.73. The van der Waals surface area contributed by atoms with Crippen LogP contribution in [0.2, 0.25) is 0 Å². The van der Waals surface area contributed by atoms with E-state index in [2.05, 4.69) is 5.32 Å². The van der Waals surface area contributed by atoms with Crippen LogP contribution < -0.4 is 11.1 Å². The Morgan fingerprint density at radius 3 is 2.39 bits per heavy atom. The second-order valence-corrected chi connectivity index (χ2v) is 4.29. The lowest BCUT2D eigenvalue weighted by Gasteiger charge is -2.18. The summed E-state index contributed by atoms with van der Waals surface area (Å²) in [5.74, 6) is -0.957. The third kappa shape index (κ3) is 4.45. The van der Waals surface area contributed by atoms with Crippen molar-refractivity contribution in [2.75, 3.05) is 0 Å². The molecule has 2 amide bonds. The van der Waals surface area contributed by atoms with E-state index in [-0.39, 0.29) is 12.5 Å². The van der Waals surface area contributed by atoms with E-state index in [1.165, 1.54) is 0 Å². The molecule has 1 unspecified atom stereocenters. The molecule has 1 atom stereocenters. The first-order chi connectivity index (χ1) is 8.50. The highest BCUT2D eigenvalue weighted by Gasteiger charge is 2.22. The maximum absolute atomic E-state index is 11.5. The van der Waals surface area contributed by atoms with Crippen LogP contribution in [0.5, 0.6) is 0 Å². The van der Waals surface area contributed by atoms with Gasteiger partial charge in [-0.3, -0.25) is 10.5 Å². The number of ether oxygens (including phenoxy) is 1. The lowest BCUT2D eigenvalue weighted by atomic mass is 10.0. The largest absolute Gasteiger partial charge is 0.445 e. The highest BCUT2D eigenvalue weighted by Crippen LogP contribution is 2.04. The fourth-order valence-corrected chi connectivity index (χ4v) is 1.43. The minimum atomic E-state index is -0.826. The van der Waals surface area contributed by atoms with Crippen LogP contribution in [0.15, 0.2) is 30.3 Å². The summed E-state index contributed by atoms with van der Waals surface area (Å²) in [6.45, 7) is 3.66. The number of amides is 2. The highest BCUT2D eigenvalue weighted by atomic mass is 16.5. The molecule has 0 heterocycles. The van der Waals surface area contributed by atoms with E-state index in [0.29, 0.717) is 0 Å². The lowest BCUT2D eigenvalue weighted by molar-refractivity contribution is -0.121. The highest BCUT2D eigenvalue weighted by molar-refractivity contribution is 5.83. The molecule has 0 aliphatic rings. The Morgan fingerprint density at radius 2 is 1.89 bits per heavy atom. The van der Waals surface area contributed by atoms with E-state index < -0.39 is 18.0 Å². The average Bonchev–Trinajstić information content (AvgIpc) is 2.34. The third-order valence-electron chi connectivity index (χ3n) is 2.44. The molecule has 0 aromatic heterocycles. The van der Waals surface area contributed by atoms with Gasteiger partial charge >= 0.3 is 6.09 Å². The van der Waals surface area contributed by atoms with Crippen LogP contribution in [0.4, 0.5) is 4.79 Å². The average molecular weight is 249 g/mol. The van der Waals surface area contributed by atoms with Gasteiger partial charge in [-0.05, 0) is 11.5 Å². The Balaban J connectivity index is 2.44. The fraction of sp³-hybridized carbons (Fsp3) is 0.385. The van der Waals surface area contributed by atoms with Crippen molar-refractivity contribution in [1.29, 1.82) is 0 Å². The molecule has 5 heteroatoms. The number of rotatable bonds is 5. The molecule has 5 nitrogen and oxygen atoms in total. The van der Waals surface area contributed by atoms with E-state index in [9.17, 15) is 9.59 Å². The monoisotopic (exact) mass is 249 g/mol. The number of benzene rings is 1. The predicted octanol–water partition coefficient (Wildman–Crippen LogP) is 1.75. The van der Waals surface area contributed by atoms with Crippen molar-refractivity contribution in [2.24, 2.45) is 5.92 Å². The molecular formula is C13H17N2O3. The van der Waals surface area contributed by atoms with Gasteiger partial charge in [-0.2, -0.15) is 0 Å². The van der Waals surface area contributed by atoms with Crippen molar-refractivity contribution >= 4 is 12.0 Å². The molecule has 1 radical (unpaired) electrons. The number of carbonyl (C=O) groups excluding carboxylic acids is 2. The molecule has 1 aromatic rings. The first kappa shape index (κ1) is 14.0. The number of nitrogens with one attached hydrogen (secondary N) is 2. The maximum atomic E-state index is 11.5. The van der Waals surface area contributed by atoms with E-state index in [1.54, 1.807) is 13.8 Å². The summed E-state index contributed by atoms with van der Waals surface area (Å²) < 4.78 is 4.97. The van der Waals surface area contributed by atoms with Gasteiger partial charge < -0.3 is 10.1 Å². The van der Waals surface area contributed by atoms with Crippen LogP contribution in [0.3, 0.4) is 0 Å². The van der Waals surface area contributed by atoms with Gasteiger partial charge in [0, 0.05) is 0 Å². The van der Waals surface area contributed by atoms with Crippen LogP contribution in [0.25, 0.3) is 0 Å². The third-order valence-corrected chi connectivity index (χ3v) is 2.44. The van der Waals surface area contributed by atoms with Crippen molar-refractivity contribution in [3.63, 3.8) is 0 Å². The minimum Gasteiger partial charge on any atom is -0.445 e. The summed E-state index contributed by atoms with van der Waals surface area (Å²) >= 11 is 0. The Labute approximate surface area is 106 Å². The Hall–Kier alpha value is -2.04. The normalized spacial score (nSPS) is 11.9. The molecule has 0 aliphatic carbocycles. The molecule has 0 saturated heterocycles. The van der Waals surface area contributed by atoms with Crippen LogP contribution in [-0.4, -0.2) is 18.0 Å². The Morgan fingerprint density at radius 1 is 1.28 bits per heavy atom. The van der Waals surface area contributed by atoms with Gasteiger partial charge in [0.05, 0.1) is 0 Å². The molecule has 1 rings (SSSR count). The minimum absolute atomic E-state index is 0.140. The summed E-state index contributed by atoms with van der Waals surface area (Å²) in [5, 5.41) is 2.39. The van der Waals surface area contributed by atoms with E-state index in [0.717, 1.165) is 5.56 Å². The summed E-state index contributed by atoms with van der Waals surface area (Å²) in [6, 6.07) is 8.41. The molecule has 0 aliphatic heterocycles. The van der Waals surface area contributed by atoms with Crippen molar-refractivity contribution < 1.29 is 14.3 Å². The van der Waals surface area contributed by atoms with Gasteiger partial charge in [0.1, 0.15) is 12.6 Å². The van der Waals surface area contributed by atoms with Crippen molar-refractivity contribution in [2.45, 2.75) is 26.5 Å². The fourth-order valence-electron chi connectivity index (χ4n) is 1.43. The molecule has 2 N–H and O–H groups in total. The molecular weight excluding hydrogens is 232 g/mol. The standard InChI is InChI=1S/C13H17N2O3/c1-9(2)11(12(14)16)15-13(17)18-8-10-6-4-3-5-7-10/h3-7,9,11,14H,8H2,1-2H3,(H,15,17). The summed E-state index contributed by atoms with van der Waals surface area (Å²) in [6.07, 6.45) is -0.682. The summed E-state index contributed by atoms with van der Waals surface area (Å²) in [4.78, 5) is 22.5. The Kier molecular flexibility index (Phi) is 5.17. The summed E-state index contributed by atoms with van der Waals surface area (Å²) in [7, 11) is 0. The van der Waals surface area contributed by atoms with Crippen molar-refractivity contribution in [1.82, 2.24) is 11.1 Å². The van der Waals surface area contributed by atoms with E-state index >= 15 is 0 Å². The SMILES string of the molecule is CC(C)C(NC(=O)OCc1ccccc1)C([NH])=O. The van der Waals surface area contributed by atoms with Crippen LogP contribution in [0, 0.1) is 5.92 Å². The molecule has 97 valence electrons. The van der Waals surface area contributed by atoms with Crippen molar-refractivity contribution in [3.05, 3.63) is 35.9 Å². The number of carbonyl (C=O) groups is 2. The molecule has 0 saturated carbocycles. The molecule has 18 heavy (non-hydrogen) atoms. The quantitative estimate of drug-likeness (QED) is 0.863. The topological polar surface area (TPSA) is 79.2 Å². The van der Waals surface area contributed by atoms with Gasteiger partial charge in [0.15, 0.2) is 0 Å². The number of alkyl carbamates (subject to hydrolysis) is 1. The number of hydrogen-bond acceptors (Lipinski definition) is 3. The summed E-state index contributed by atoms with van der Waals surface area (Å²) in [5.41, 5.74) is 7.91. The zero-order valence-electron chi connectivity index (χ0n) is 10.5. The van der Waals surface area contributed by atoms with Gasteiger partial charge in [0.2, 0.25) is 0 Å². The smallest absolute Gasteiger partial charge is 0.408 e. The molecule has 0 fully saturated rings. The van der Waals surface area contributed by atoms with Gasteiger partial charge in [-0.25, -0.2) is 4.79 Å².